The Morgan fingerprint density at radius 1 is 1.06 bits per heavy atom. The Hall–Kier alpha value is -3.46. The molecule has 8 nitrogen and oxygen atoms in total. The highest BCUT2D eigenvalue weighted by Gasteiger charge is 2.34. The molecule has 32 heavy (non-hydrogen) atoms. The van der Waals surface area contributed by atoms with Gasteiger partial charge >= 0.3 is 5.97 Å². The zero-order valence-corrected chi connectivity index (χ0v) is 18.5. The summed E-state index contributed by atoms with van der Waals surface area (Å²) < 4.78 is 16.4. The van der Waals surface area contributed by atoms with E-state index in [2.05, 4.69) is 0 Å². The number of hydrogen-bond acceptors (Lipinski definition) is 7. The number of carboxylic acids is 1. The van der Waals surface area contributed by atoms with Crippen molar-refractivity contribution in [3.8, 4) is 17.2 Å². The van der Waals surface area contributed by atoms with Crippen molar-refractivity contribution >= 4 is 35.0 Å². The number of imide groups is 1. The summed E-state index contributed by atoms with van der Waals surface area (Å²) in [5.74, 6) is -0.180. The van der Waals surface area contributed by atoms with Gasteiger partial charge < -0.3 is 19.3 Å². The minimum absolute atomic E-state index is 0.141. The van der Waals surface area contributed by atoms with Gasteiger partial charge in [0.1, 0.15) is 12.4 Å². The van der Waals surface area contributed by atoms with Gasteiger partial charge in [0.05, 0.1) is 18.1 Å². The van der Waals surface area contributed by atoms with Gasteiger partial charge in [0.2, 0.25) is 0 Å². The van der Waals surface area contributed by atoms with Crippen molar-refractivity contribution in [2.75, 3.05) is 26.4 Å². The predicted molar refractivity (Wildman–Crippen MR) is 120 cm³/mol. The Morgan fingerprint density at radius 3 is 2.50 bits per heavy atom. The highest BCUT2D eigenvalue weighted by atomic mass is 32.2. The summed E-state index contributed by atoms with van der Waals surface area (Å²) in [6, 6.07) is 12.4. The third-order valence-corrected chi connectivity index (χ3v) is 5.30. The zero-order chi connectivity index (χ0) is 23.1. The van der Waals surface area contributed by atoms with Crippen LogP contribution >= 0.6 is 11.8 Å². The number of amides is 2. The maximum atomic E-state index is 12.7. The third kappa shape index (κ3) is 6.04. The molecule has 9 heteroatoms. The van der Waals surface area contributed by atoms with Crippen LogP contribution < -0.4 is 14.2 Å². The van der Waals surface area contributed by atoms with E-state index >= 15 is 0 Å². The Morgan fingerprint density at radius 2 is 1.81 bits per heavy atom. The van der Waals surface area contributed by atoms with Crippen LogP contribution in [-0.2, 0) is 9.59 Å². The van der Waals surface area contributed by atoms with Gasteiger partial charge in [-0.25, -0.2) is 4.79 Å². The maximum absolute atomic E-state index is 12.7. The molecule has 2 aromatic rings. The molecule has 0 aliphatic carbocycles. The van der Waals surface area contributed by atoms with Crippen molar-refractivity contribution in [3.63, 3.8) is 0 Å². The standard InChI is InChI=1S/C23H23NO7S/c1-3-29-19-12-16(6-9-18(19)31-14-21(25)26)13-20-22(27)24(23(28)32-20)10-11-30-17-7-4-15(2)5-8-17/h4-9,12-13H,3,10-11,14H2,1-2H3,(H,25,26)/b20-13-. The van der Waals surface area contributed by atoms with Gasteiger partial charge in [0, 0.05) is 0 Å². The molecule has 0 unspecified atom stereocenters. The van der Waals surface area contributed by atoms with Crippen LogP contribution in [0.5, 0.6) is 17.2 Å². The number of carbonyl (C=O) groups is 3. The Bertz CT molecular complexity index is 1030. The molecule has 1 N–H and O–H groups in total. The van der Waals surface area contributed by atoms with Crippen LogP contribution in [-0.4, -0.2) is 53.5 Å². The van der Waals surface area contributed by atoms with Crippen molar-refractivity contribution in [1.82, 2.24) is 4.90 Å². The zero-order valence-electron chi connectivity index (χ0n) is 17.7. The lowest BCUT2D eigenvalue weighted by Gasteiger charge is -2.13. The normalized spacial score (nSPS) is 14.7. The lowest BCUT2D eigenvalue weighted by molar-refractivity contribution is -0.139. The molecule has 2 aromatic carbocycles. The quantitative estimate of drug-likeness (QED) is 0.535. The first kappa shape index (κ1) is 23.2. The third-order valence-electron chi connectivity index (χ3n) is 4.39. The van der Waals surface area contributed by atoms with E-state index in [1.54, 1.807) is 31.2 Å². The van der Waals surface area contributed by atoms with Crippen LogP contribution in [0, 0.1) is 6.92 Å². The second-order valence-electron chi connectivity index (χ2n) is 6.82. The van der Waals surface area contributed by atoms with E-state index in [1.165, 1.54) is 0 Å². The molecule has 1 saturated heterocycles. The minimum atomic E-state index is -1.10. The number of rotatable bonds is 10. The number of ether oxygens (including phenoxy) is 3. The highest BCUT2D eigenvalue weighted by Crippen LogP contribution is 2.34. The van der Waals surface area contributed by atoms with E-state index in [0.717, 1.165) is 22.2 Å². The summed E-state index contributed by atoms with van der Waals surface area (Å²) >= 11 is 0.856. The van der Waals surface area contributed by atoms with Crippen molar-refractivity contribution < 1.29 is 33.7 Å². The SMILES string of the molecule is CCOc1cc(/C=C2\SC(=O)N(CCOc3ccc(C)cc3)C2=O)ccc1OCC(=O)O. The molecular formula is C23H23NO7S. The lowest BCUT2D eigenvalue weighted by Crippen LogP contribution is -2.32. The van der Waals surface area contributed by atoms with Gasteiger partial charge in [0.15, 0.2) is 18.1 Å². The average molecular weight is 458 g/mol. The number of hydrogen-bond donors (Lipinski definition) is 1. The summed E-state index contributed by atoms with van der Waals surface area (Å²) in [5.41, 5.74) is 1.74. The Balaban J connectivity index is 1.67. The number of carbonyl (C=O) groups excluding carboxylic acids is 2. The fraction of sp³-hybridized carbons (Fsp3) is 0.261. The van der Waals surface area contributed by atoms with Crippen LogP contribution in [0.15, 0.2) is 47.4 Å². The molecule has 168 valence electrons. The largest absolute Gasteiger partial charge is 0.492 e. The van der Waals surface area contributed by atoms with E-state index in [-0.39, 0.29) is 29.0 Å². The molecule has 0 bridgehead atoms. The van der Waals surface area contributed by atoms with Crippen LogP contribution in [0.3, 0.4) is 0 Å². The number of aliphatic carboxylic acids is 1. The van der Waals surface area contributed by atoms with Gasteiger partial charge in [-0.3, -0.25) is 14.5 Å². The monoisotopic (exact) mass is 457 g/mol. The number of thioether (sulfide) groups is 1. The first-order chi connectivity index (χ1) is 15.4. The smallest absolute Gasteiger partial charge is 0.341 e. The van der Waals surface area contributed by atoms with Gasteiger partial charge in [-0.05, 0) is 61.5 Å². The van der Waals surface area contributed by atoms with Gasteiger partial charge in [-0.15, -0.1) is 0 Å². The lowest BCUT2D eigenvalue weighted by atomic mass is 10.2. The van der Waals surface area contributed by atoms with E-state index in [1.807, 2.05) is 31.2 Å². The van der Waals surface area contributed by atoms with Crippen LogP contribution in [0.2, 0.25) is 0 Å². The minimum Gasteiger partial charge on any atom is -0.492 e. The average Bonchev–Trinajstić information content (AvgIpc) is 3.02. The van der Waals surface area contributed by atoms with Gasteiger partial charge in [-0.1, -0.05) is 23.8 Å². The first-order valence-electron chi connectivity index (χ1n) is 9.93. The summed E-state index contributed by atoms with van der Waals surface area (Å²) in [6.45, 7) is 3.95. The molecule has 0 spiro atoms. The molecule has 0 saturated carbocycles. The number of nitrogens with zero attached hydrogens (tertiary/aromatic N) is 1. The second-order valence-corrected chi connectivity index (χ2v) is 7.81. The Labute approximate surface area is 189 Å². The summed E-state index contributed by atoms with van der Waals surface area (Å²) in [6.07, 6.45) is 1.59. The number of carboxylic acid groups (broad SMARTS) is 1. The summed E-state index contributed by atoms with van der Waals surface area (Å²) in [5, 5.41) is 8.43. The van der Waals surface area contributed by atoms with Crippen LogP contribution in [0.1, 0.15) is 18.1 Å². The topological polar surface area (TPSA) is 102 Å². The van der Waals surface area contributed by atoms with Crippen LogP contribution in [0.25, 0.3) is 6.08 Å². The molecule has 0 atom stereocenters. The van der Waals surface area contributed by atoms with Gasteiger partial charge in [-0.2, -0.15) is 0 Å². The van der Waals surface area contributed by atoms with Gasteiger partial charge in [0.25, 0.3) is 11.1 Å². The molecule has 0 aromatic heterocycles. The summed E-state index contributed by atoms with van der Waals surface area (Å²) in [7, 11) is 0. The molecule has 1 aliphatic heterocycles. The van der Waals surface area contributed by atoms with Crippen molar-refractivity contribution in [2.45, 2.75) is 13.8 Å². The Kier molecular flexibility index (Phi) is 7.77. The molecule has 1 fully saturated rings. The molecular weight excluding hydrogens is 434 g/mol. The molecule has 2 amide bonds. The van der Waals surface area contributed by atoms with E-state index in [0.29, 0.717) is 23.7 Å². The van der Waals surface area contributed by atoms with Crippen molar-refractivity contribution in [3.05, 3.63) is 58.5 Å². The van der Waals surface area contributed by atoms with E-state index in [9.17, 15) is 14.4 Å². The van der Waals surface area contributed by atoms with E-state index < -0.39 is 18.5 Å². The van der Waals surface area contributed by atoms with Crippen molar-refractivity contribution in [1.29, 1.82) is 0 Å². The predicted octanol–water partition coefficient (Wildman–Crippen LogP) is 3.97. The summed E-state index contributed by atoms with van der Waals surface area (Å²) in [4.78, 5) is 37.2. The molecule has 3 rings (SSSR count). The number of aryl methyl sites for hydroxylation is 1. The molecule has 1 heterocycles. The van der Waals surface area contributed by atoms with E-state index in [4.69, 9.17) is 19.3 Å². The van der Waals surface area contributed by atoms with Crippen LogP contribution in [0.4, 0.5) is 4.79 Å². The number of benzene rings is 2. The second kappa shape index (κ2) is 10.7. The molecule has 0 radical (unpaired) electrons. The van der Waals surface area contributed by atoms with Crippen molar-refractivity contribution in [2.24, 2.45) is 0 Å². The first-order valence-corrected chi connectivity index (χ1v) is 10.7. The highest BCUT2D eigenvalue weighted by molar-refractivity contribution is 8.18. The fourth-order valence-corrected chi connectivity index (χ4v) is 3.74. The fourth-order valence-electron chi connectivity index (χ4n) is 2.87. The molecule has 1 aliphatic rings. The maximum Gasteiger partial charge on any atom is 0.341 e.